The van der Waals surface area contributed by atoms with Gasteiger partial charge in [0.2, 0.25) is 0 Å². The van der Waals surface area contributed by atoms with Gasteiger partial charge in [-0.25, -0.2) is 8.42 Å². The summed E-state index contributed by atoms with van der Waals surface area (Å²) in [6.45, 7) is 2.19. The monoisotopic (exact) mass is 411 g/mol. The number of anilines is 1. The van der Waals surface area contributed by atoms with Crippen molar-refractivity contribution < 1.29 is 21.6 Å². The fourth-order valence-electron chi connectivity index (χ4n) is 4.06. The van der Waals surface area contributed by atoms with Crippen molar-refractivity contribution in [3.63, 3.8) is 0 Å². The zero-order valence-electron chi connectivity index (χ0n) is 15.2. The van der Waals surface area contributed by atoms with Gasteiger partial charge >= 0.3 is 6.18 Å². The first kappa shape index (κ1) is 19.2. The molecule has 3 aliphatic heterocycles. The molecule has 150 valence electrons. The Kier molecular flexibility index (Phi) is 4.62. The van der Waals surface area contributed by atoms with E-state index in [0.717, 1.165) is 36.8 Å². The van der Waals surface area contributed by atoms with Crippen molar-refractivity contribution in [3.05, 3.63) is 53.9 Å². The lowest BCUT2D eigenvalue weighted by Crippen LogP contribution is -2.68. The van der Waals surface area contributed by atoms with Crippen molar-refractivity contribution in [2.45, 2.75) is 36.1 Å². The number of sulfone groups is 1. The van der Waals surface area contributed by atoms with Gasteiger partial charge in [-0.3, -0.25) is 9.88 Å². The lowest BCUT2D eigenvalue weighted by molar-refractivity contribution is -0.141. The average molecular weight is 411 g/mol. The standard InChI is InChI=1S/C19H20F3N3O2S/c1-28(26,27)17-5-3-14(4-6-17)25-15-8-16(25)12-24(11-15)10-13-2-7-18(23-9-13)19(20,21)22/h2-7,9,15-16H,8,10-12H2,1H3. The molecule has 3 saturated heterocycles. The molecule has 9 heteroatoms. The Morgan fingerprint density at radius 2 is 1.71 bits per heavy atom. The Morgan fingerprint density at radius 3 is 2.21 bits per heavy atom. The molecule has 28 heavy (non-hydrogen) atoms. The van der Waals surface area contributed by atoms with E-state index >= 15 is 0 Å². The molecule has 2 bridgehead atoms. The number of piperazine rings is 1. The highest BCUT2D eigenvalue weighted by molar-refractivity contribution is 7.90. The van der Waals surface area contributed by atoms with E-state index in [1.807, 2.05) is 12.1 Å². The second kappa shape index (κ2) is 6.73. The number of fused-ring (bicyclic) bond motifs is 2. The Morgan fingerprint density at radius 1 is 1.07 bits per heavy atom. The van der Waals surface area contributed by atoms with Gasteiger partial charge in [-0.2, -0.15) is 13.2 Å². The van der Waals surface area contributed by atoms with E-state index < -0.39 is 21.7 Å². The van der Waals surface area contributed by atoms with Crippen LogP contribution in [0.25, 0.3) is 0 Å². The Balaban J connectivity index is 1.39. The highest BCUT2D eigenvalue weighted by Crippen LogP contribution is 2.37. The van der Waals surface area contributed by atoms with Gasteiger partial charge in [-0.15, -0.1) is 0 Å². The summed E-state index contributed by atoms with van der Waals surface area (Å²) in [6, 6.07) is 10.1. The predicted molar refractivity (Wildman–Crippen MR) is 98.7 cm³/mol. The van der Waals surface area contributed by atoms with E-state index in [9.17, 15) is 21.6 Å². The number of piperidine rings is 1. The van der Waals surface area contributed by atoms with Gasteiger partial charge in [-0.05, 0) is 42.3 Å². The van der Waals surface area contributed by atoms with Gasteiger partial charge in [0.1, 0.15) is 5.69 Å². The van der Waals surface area contributed by atoms with Crippen LogP contribution in [0.4, 0.5) is 18.9 Å². The minimum Gasteiger partial charge on any atom is -0.363 e. The Bertz CT molecular complexity index is 947. The van der Waals surface area contributed by atoms with Crippen LogP contribution in [-0.4, -0.2) is 49.7 Å². The van der Waals surface area contributed by atoms with Crippen LogP contribution in [-0.2, 0) is 22.6 Å². The van der Waals surface area contributed by atoms with Gasteiger partial charge < -0.3 is 4.90 Å². The molecule has 0 N–H and O–H groups in total. The van der Waals surface area contributed by atoms with Crippen molar-refractivity contribution >= 4 is 15.5 Å². The number of rotatable bonds is 4. The molecule has 5 nitrogen and oxygen atoms in total. The molecule has 5 rings (SSSR count). The predicted octanol–water partition coefficient (Wildman–Crippen LogP) is 2.97. The molecule has 3 aliphatic rings. The first-order valence-electron chi connectivity index (χ1n) is 8.94. The zero-order valence-corrected chi connectivity index (χ0v) is 16.0. The summed E-state index contributed by atoms with van der Waals surface area (Å²) in [4.78, 5) is 8.35. The molecule has 2 unspecified atom stereocenters. The average Bonchev–Trinajstić information content (AvgIpc) is 2.61. The number of alkyl halides is 3. The molecule has 0 aliphatic carbocycles. The zero-order chi connectivity index (χ0) is 20.1. The summed E-state index contributed by atoms with van der Waals surface area (Å²) >= 11 is 0. The van der Waals surface area contributed by atoms with Gasteiger partial charge in [-0.1, -0.05) is 6.07 Å². The molecular formula is C19H20F3N3O2S. The Hall–Kier alpha value is -2.13. The summed E-state index contributed by atoms with van der Waals surface area (Å²) in [5, 5.41) is 0. The lowest BCUT2D eigenvalue weighted by Gasteiger charge is -2.57. The molecule has 3 fully saturated rings. The lowest BCUT2D eigenvalue weighted by atomic mass is 9.86. The molecule has 0 spiro atoms. The summed E-state index contributed by atoms with van der Waals surface area (Å²) < 4.78 is 61.1. The quantitative estimate of drug-likeness (QED) is 0.774. The SMILES string of the molecule is CS(=O)(=O)c1ccc(N2C3CC2CN(Cc2ccc(C(F)(F)F)nc2)C3)cc1. The molecular weight excluding hydrogens is 391 g/mol. The second-order valence-corrected chi connectivity index (χ2v) is 9.48. The number of pyridine rings is 1. The molecule has 4 heterocycles. The molecule has 0 saturated carbocycles. The van der Waals surface area contributed by atoms with E-state index in [4.69, 9.17) is 0 Å². The summed E-state index contributed by atoms with van der Waals surface area (Å²) in [6.07, 6.45) is -0.868. The molecule has 0 amide bonds. The van der Waals surface area contributed by atoms with Gasteiger partial charge in [0.05, 0.1) is 4.90 Å². The topological polar surface area (TPSA) is 53.5 Å². The summed E-state index contributed by atoms with van der Waals surface area (Å²) in [5.41, 5.74) is 0.893. The van der Waals surface area contributed by atoms with Crippen LogP contribution >= 0.6 is 0 Å². The summed E-state index contributed by atoms with van der Waals surface area (Å²) in [5.74, 6) is 0. The van der Waals surface area contributed by atoms with E-state index in [2.05, 4.69) is 14.8 Å². The van der Waals surface area contributed by atoms with Crippen LogP contribution in [0.3, 0.4) is 0 Å². The summed E-state index contributed by atoms with van der Waals surface area (Å²) in [7, 11) is -3.21. The number of hydrogen-bond donors (Lipinski definition) is 0. The number of benzene rings is 1. The Labute approximate surface area is 161 Å². The number of hydrogen-bond acceptors (Lipinski definition) is 5. The number of nitrogens with zero attached hydrogens (tertiary/aromatic N) is 3. The third kappa shape index (κ3) is 3.73. The van der Waals surface area contributed by atoms with Crippen LogP contribution in [0.15, 0.2) is 47.5 Å². The van der Waals surface area contributed by atoms with Gasteiger partial charge in [0.25, 0.3) is 0 Å². The third-order valence-electron chi connectivity index (χ3n) is 5.35. The minimum atomic E-state index is -4.42. The maximum atomic E-state index is 12.6. The van der Waals surface area contributed by atoms with Crippen molar-refractivity contribution in [1.82, 2.24) is 9.88 Å². The van der Waals surface area contributed by atoms with Crippen LogP contribution in [0.5, 0.6) is 0 Å². The molecule has 2 aromatic rings. The molecule has 1 aromatic heterocycles. The highest BCUT2D eigenvalue weighted by Gasteiger charge is 2.44. The highest BCUT2D eigenvalue weighted by atomic mass is 32.2. The number of halogens is 3. The van der Waals surface area contributed by atoms with Crippen LogP contribution in [0.2, 0.25) is 0 Å². The first-order valence-corrected chi connectivity index (χ1v) is 10.8. The normalized spacial score (nSPS) is 22.8. The first-order chi connectivity index (χ1) is 13.1. The van der Waals surface area contributed by atoms with Crippen LogP contribution in [0, 0.1) is 0 Å². The van der Waals surface area contributed by atoms with Crippen molar-refractivity contribution in [2.75, 3.05) is 24.2 Å². The van der Waals surface area contributed by atoms with E-state index in [1.54, 1.807) is 12.1 Å². The van der Waals surface area contributed by atoms with E-state index in [1.165, 1.54) is 18.5 Å². The third-order valence-corrected chi connectivity index (χ3v) is 6.48. The van der Waals surface area contributed by atoms with Gasteiger partial charge in [0.15, 0.2) is 9.84 Å². The fraction of sp³-hybridized carbons (Fsp3) is 0.421. The van der Waals surface area contributed by atoms with Crippen molar-refractivity contribution in [1.29, 1.82) is 0 Å². The second-order valence-electron chi connectivity index (χ2n) is 7.46. The molecule has 1 aromatic carbocycles. The van der Waals surface area contributed by atoms with Crippen molar-refractivity contribution in [3.8, 4) is 0 Å². The van der Waals surface area contributed by atoms with E-state index in [-0.39, 0.29) is 0 Å². The maximum absolute atomic E-state index is 12.6. The number of aromatic nitrogens is 1. The van der Waals surface area contributed by atoms with E-state index in [0.29, 0.717) is 23.5 Å². The molecule has 2 atom stereocenters. The fourth-order valence-corrected chi connectivity index (χ4v) is 4.69. The largest absolute Gasteiger partial charge is 0.433 e. The van der Waals surface area contributed by atoms with Crippen LogP contribution in [0.1, 0.15) is 17.7 Å². The minimum absolute atomic E-state index is 0.304. The van der Waals surface area contributed by atoms with Gasteiger partial charge in [0, 0.05) is 49.9 Å². The smallest absolute Gasteiger partial charge is 0.363 e. The molecule has 0 radical (unpaired) electrons. The maximum Gasteiger partial charge on any atom is 0.433 e. The van der Waals surface area contributed by atoms with Crippen molar-refractivity contribution in [2.24, 2.45) is 0 Å². The van der Waals surface area contributed by atoms with Crippen LogP contribution < -0.4 is 4.90 Å².